The first kappa shape index (κ1) is 14.9. The van der Waals surface area contributed by atoms with Crippen LogP contribution in [0.25, 0.3) is 0 Å². The van der Waals surface area contributed by atoms with Crippen LogP contribution in [0.4, 0.5) is 0 Å². The largest absolute Gasteiger partial charge is 0.305 e. The summed E-state index contributed by atoms with van der Waals surface area (Å²) in [5, 5.41) is 4.51. The van der Waals surface area contributed by atoms with Crippen LogP contribution in [0.5, 0.6) is 0 Å². The van der Waals surface area contributed by atoms with Crippen molar-refractivity contribution in [3.8, 4) is 0 Å². The lowest BCUT2D eigenvalue weighted by atomic mass is 10.0. The average molecular weight is 389 g/mol. The van der Waals surface area contributed by atoms with E-state index < -0.39 is 0 Å². The first-order valence-electron chi connectivity index (χ1n) is 6.54. The minimum atomic E-state index is 0.408. The maximum atomic E-state index is 6.14. The van der Waals surface area contributed by atoms with Crippen molar-refractivity contribution >= 4 is 50.6 Å². The van der Waals surface area contributed by atoms with E-state index in [0.717, 1.165) is 18.0 Å². The highest BCUT2D eigenvalue weighted by Crippen LogP contribution is 2.38. The number of nitrogens with one attached hydrogen (secondary N) is 1. The number of fused-ring (bicyclic) bond motifs is 1. The van der Waals surface area contributed by atoms with Crippen molar-refractivity contribution in [1.82, 2.24) is 5.32 Å². The Kier molecular flexibility index (Phi) is 4.78. The van der Waals surface area contributed by atoms with Gasteiger partial charge < -0.3 is 5.32 Å². The van der Waals surface area contributed by atoms with Crippen LogP contribution in [-0.2, 0) is 6.54 Å². The minimum absolute atomic E-state index is 0.408. The zero-order valence-electron chi connectivity index (χ0n) is 11.1. The summed E-state index contributed by atoms with van der Waals surface area (Å²) in [6.45, 7) is 3.06. The van der Waals surface area contributed by atoms with Gasteiger partial charge in [0.1, 0.15) is 0 Å². The van der Waals surface area contributed by atoms with Gasteiger partial charge in [-0.05, 0) is 64.9 Å². The number of rotatable bonds is 3. The molecule has 106 valence electrons. The molecule has 1 N–H and O–H groups in total. The van der Waals surface area contributed by atoms with E-state index in [1.807, 2.05) is 29.2 Å². The fourth-order valence-corrected chi connectivity index (χ4v) is 5.24. The van der Waals surface area contributed by atoms with Crippen molar-refractivity contribution in [1.29, 1.82) is 0 Å². The van der Waals surface area contributed by atoms with E-state index >= 15 is 0 Å². The minimum Gasteiger partial charge on any atom is -0.305 e. The Morgan fingerprint density at radius 3 is 3.00 bits per heavy atom. The molecular weight excluding hydrogens is 374 g/mol. The zero-order chi connectivity index (χ0) is 14.1. The highest BCUT2D eigenvalue weighted by Gasteiger charge is 2.20. The number of aryl methyl sites for hydroxylation is 1. The second-order valence-corrected chi connectivity index (χ2v) is 8.64. The summed E-state index contributed by atoms with van der Waals surface area (Å²) in [5.41, 5.74) is 1.35. The maximum absolute atomic E-state index is 6.14. The molecule has 1 nitrogen and oxygen atoms in total. The molecule has 1 aliphatic rings. The predicted molar refractivity (Wildman–Crippen MR) is 93.1 cm³/mol. The Balaban J connectivity index is 1.74. The van der Waals surface area contributed by atoms with Crippen LogP contribution in [0.2, 0.25) is 5.02 Å². The molecule has 2 heterocycles. The topological polar surface area (TPSA) is 12.0 Å². The molecule has 0 saturated heterocycles. The van der Waals surface area contributed by atoms with Gasteiger partial charge in [-0.25, -0.2) is 0 Å². The van der Waals surface area contributed by atoms with Crippen molar-refractivity contribution in [2.75, 3.05) is 5.75 Å². The summed E-state index contributed by atoms with van der Waals surface area (Å²) in [6.07, 6.45) is 1.16. The SMILES string of the molecule is Cc1sc(CNC2CCSc3ccc(Cl)cc32)cc1Br. The molecule has 5 heteroatoms. The van der Waals surface area contributed by atoms with E-state index in [0.29, 0.717) is 6.04 Å². The number of benzene rings is 1. The fraction of sp³-hybridized carbons (Fsp3) is 0.333. The fourth-order valence-electron chi connectivity index (χ4n) is 2.41. The molecular formula is C15H15BrClNS2. The van der Waals surface area contributed by atoms with Gasteiger partial charge in [0, 0.05) is 36.7 Å². The summed E-state index contributed by atoms with van der Waals surface area (Å²) < 4.78 is 1.21. The van der Waals surface area contributed by atoms with Gasteiger partial charge in [-0.15, -0.1) is 23.1 Å². The third kappa shape index (κ3) is 3.25. The normalized spacial score (nSPS) is 18.1. The summed E-state index contributed by atoms with van der Waals surface area (Å²) in [7, 11) is 0. The molecule has 1 aromatic heterocycles. The summed E-state index contributed by atoms with van der Waals surface area (Å²) in [6, 6.07) is 8.85. The van der Waals surface area contributed by atoms with Crippen LogP contribution < -0.4 is 5.32 Å². The molecule has 0 saturated carbocycles. The van der Waals surface area contributed by atoms with Gasteiger partial charge in [0.05, 0.1) is 0 Å². The molecule has 20 heavy (non-hydrogen) atoms. The van der Waals surface area contributed by atoms with Crippen LogP contribution in [-0.4, -0.2) is 5.75 Å². The van der Waals surface area contributed by atoms with Crippen LogP contribution in [0, 0.1) is 6.92 Å². The standard InChI is InChI=1S/C15H15BrClNS2/c1-9-13(16)7-11(20-9)8-18-14-4-5-19-15-3-2-10(17)6-12(14)15/h2-3,6-7,14,18H,4-5,8H2,1H3. The highest BCUT2D eigenvalue weighted by molar-refractivity contribution is 9.10. The molecule has 0 radical (unpaired) electrons. The molecule has 1 aromatic carbocycles. The molecule has 3 rings (SSSR count). The van der Waals surface area contributed by atoms with Gasteiger partial charge >= 0.3 is 0 Å². The highest BCUT2D eigenvalue weighted by atomic mass is 79.9. The summed E-state index contributed by atoms with van der Waals surface area (Å²) in [5.74, 6) is 1.17. The Bertz CT molecular complexity index is 607. The van der Waals surface area contributed by atoms with Gasteiger partial charge in [-0.3, -0.25) is 0 Å². The van der Waals surface area contributed by atoms with E-state index in [9.17, 15) is 0 Å². The average Bonchev–Trinajstić information content (AvgIpc) is 2.75. The Morgan fingerprint density at radius 2 is 2.25 bits per heavy atom. The van der Waals surface area contributed by atoms with Gasteiger partial charge in [0.25, 0.3) is 0 Å². The first-order valence-corrected chi connectivity index (χ1v) is 9.51. The van der Waals surface area contributed by atoms with Crippen LogP contribution in [0.15, 0.2) is 33.6 Å². The lowest BCUT2D eigenvalue weighted by molar-refractivity contribution is 0.513. The van der Waals surface area contributed by atoms with E-state index in [1.165, 1.54) is 30.4 Å². The van der Waals surface area contributed by atoms with E-state index in [-0.39, 0.29) is 0 Å². The molecule has 2 aromatic rings. The summed E-state index contributed by atoms with van der Waals surface area (Å²) in [4.78, 5) is 4.07. The Labute approximate surface area is 141 Å². The number of hydrogen-bond acceptors (Lipinski definition) is 3. The zero-order valence-corrected chi connectivity index (χ0v) is 15.1. The van der Waals surface area contributed by atoms with Crippen molar-refractivity contribution in [2.45, 2.75) is 30.8 Å². The smallest absolute Gasteiger partial charge is 0.0410 e. The third-order valence-electron chi connectivity index (χ3n) is 3.44. The second kappa shape index (κ2) is 6.41. The molecule has 0 fully saturated rings. The van der Waals surface area contributed by atoms with Crippen molar-refractivity contribution in [3.05, 3.63) is 49.1 Å². The van der Waals surface area contributed by atoms with E-state index in [1.54, 1.807) is 0 Å². The lowest BCUT2D eigenvalue weighted by Gasteiger charge is -2.26. The molecule has 1 unspecified atom stereocenters. The monoisotopic (exact) mass is 387 g/mol. The Hall–Kier alpha value is -0.000000000000000111. The molecule has 0 spiro atoms. The van der Waals surface area contributed by atoms with Crippen molar-refractivity contribution in [2.24, 2.45) is 0 Å². The maximum Gasteiger partial charge on any atom is 0.0410 e. The lowest BCUT2D eigenvalue weighted by Crippen LogP contribution is -2.23. The van der Waals surface area contributed by atoms with Crippen LogP contribution in [0.3, 0.4) is 0 Å². The van der Waals surface area contributed by atoms with Gasteiger partial charge in [0.15, 0.2) is 0 Å². The molecule has 0 bridgehead atoms. The number of hydrogen-bond donors (Lipinski definition) is 1. The van der Waals surface area contributed by atoms with Crippen molar-refractivity contribution < 1.29 is 0 Å². The molecule has 1 aliphatic heterocycles. The molecule has 0 aliphatic carbocycles. The summed E-state index contributed by atoms with van der Waals surface area (Å²) >= 11 is 13.5. The quantitative estimate of drug-likeness (QED) is 0.713. The molecule has 1 atom stereocenters. The van der Waals surface area contributed by atoms with Gasteiger partial charge in [-0.2, -0.15) is 0 Å². The van der Waals surface area contributed by atoms with Gasteiger partial charge in [0.2, 0.25) is 0 Å². The number of thioether (sulfide) groups is 1. The van der Waals surface area contributed by atoms with Gasteiger partial charge in [-0.1, -0.05) is 11.6 Å². The Morgan fingerprint density at radius 1 is 1.40 bits per heavy atom. The van der Waals surface area contributed by atoms with Crippen LogP contribution in [0.1, 0.15) is 27.8 Å². The number of halogens is 2. The first-order chi connectivity index (χ1) is 9.63. The third-order valence-corrected chi connectivity index (χ3v) is 6.94. The van der Waals surface area contributed by atoms with Crippen LogP contribution >= 0.6 is 50.6 Å². The second-order valence-electron chi connectivity index (χ2n) is 4.87. The van der Waals surface area contributed by atoms with E-state index in [2.05, 4.69) is 46.4 Å². The number of thiophene rings is 1. The van der Waals surface area contributed by atoms with E-state index in [4.69, 9.17) is 11.6 Å². The molecule has 0 amide bonds. The predicted octanol–water partition coefficient (Wildman–Crippen LogP) is 5.80. The van der Waals surface area contributed by atoms with Crippen molar-refractivity contribution in [3.63, 3.8) is 0 Å².